The maximum absolute atomic E-state index is 11.7. The SMILES string of the molecule is CNC(C)(CCN1CCCCC1C)C(=O)OC. The molecule has 0 saturated carbocycles. The Morgan fingerprint density at radius 3 is 2.76 bits per heavy atom. The highest BCUT2D eigenvalue weighted by Crippen LogP contribution is 2.19. The van der Waals surface area contributed by atoms with E-state index in [1.165, 1.54) is 26.4 Å². The van der Waals surface area contributed by atoms with Crippen LogP contribution >= 0.6 is 0 Å². The standard InChI is InChI=1S/C13H26N2O2/c1-11-7-5-6-9-15(11)10-8-13(2,14-3)12(16)17-4/h11,14H,5-10H2,1-4H3. The van der Waals surface area contributed by atoms with Crippen molar-refractivity contribution < 1.29 is 9.53 Å². The van der Waals surface area contributed by atoms with E-state index in [1.54, 1.807) is 0 Å². The van der Waals surface area contributed by atoms with Crippen molar-refractivity contribution in [2.24, 2.45) is 0 Å². The fourth-order valence-electron chi connectivity index (χ4n) is 2.41. The van der Waals surface area contributed by atoms with Gasteiger partial charge in [-0.25, -0.2) is 0 Å². The van der Waals surface area contributed by atoms with E-state index in [1.807, 2.05) is 14.0 Å². The zero-order valence-electron chi connectivity index (χ0n) is 11.6. The van der Waals surface area contributed by atoms with Gasteiger partial charge in [-0.2, -0.15) is 0 Å². The van der Waals surface area contributed by atoms with Gasteiger partial charge in [0.2, 0.25) is 0 Å². The van der Waals surface area contributed by atoms with Crippen LogP contribution in [0.2, 0.25) is 0 Å². The molecule has 0 aromatic heterocycles. The maximum Gasteiger partial charge on any atom is 0.325 e. The van der Waals surface area contributed by atoms with E-state index in [4.69, 9.17) is 4.74 Å². The number of rotatable bonds is 5. The number of carbonyl (C=O) groups is 1. The Kier molecular flexibility index (Phi) is 5.40. The highest BCUT2D eigenvalue weighted by Gasteiger charge is 2.33. The van der Waals surface area contributed by atoms with Gasteiger partial charge in [0.15, 0.2) is 0 Å². The van der Waals surface area contributed by atoms with Crippen molar-refractivity contribution in [1.82, 2.24) is 10.2 Å². The summed E-state index contributed by atoms with van der Waals surface area (Å²) in [4.78, 5) is 14.2. The molecule has 4 nitrogen and oxygen atoms in total. The van der Waals surface area contributed by atoms with Crippen LogP contribution in [-0.4, -0.2) is 49.7 Å². The highest BCUT2D eigenvalue weighted by atomic mass is 16.5. The van der Waals surface area contributed by atoms with Gasteiger partial charge < -0.3 is 15.0 Å². The first kappa shape index (κ1) is 14.5. The Morgan fingerprint density at radius 2 is 2.24 bits per heavy atom. The van der Waals surface area contributed by atoms with E-state index < -0.39 is 5.54 Å². The minimum Gasteiger partial charge on any atom is -0.468 e. The number of hydrogen-bond donors (Lipinski definition) is 1. The minimum absolute atomic E-state index is 0.176. The number of likely N-dealkylation sites (tertiary alicyclic amines) is 1. The van der Waals surface area contributed by atoms with Crippen LogP contribution in [0, 0.1) is 0 Å². The summed E-state index contributed by atoms with van der Waals surface area (Å²) in [5.74, 6) is -0.176. The van der Waals surface area contributed by atoms with Gasteiger partial charge in [-0.15, -0.1) is 0 Å². The summed E-state index contributed by atoms with van der Waals surface area (Å²) >= 11 is 0. The van der Waals surface area contributed by atoms with Crippen LogP contribution < -0.4 is 5.32 Å². The molecule has 0 bridgehead atoms. The lowest BCUT2D eigenvalue weighted by atomic mass is 9.96. The number of likely N-dealkylation sites (N-methyl/N-ethyl adjacent to an activating group) is 1. The fraction of sp³-hybridized carbons (Fsp3) is 0.923. The molecule has 0 radical (unpaired) electrons. The van der Waals surface area contributed by atoms with Crippen LogP contribution in [0.4, 0.5) is 0 Å². The number of nitrogens with zero attached hydrogens (tertiary/aromatic N) is 1. The quantitative estimate of drug-likeness (QED) is 0.740. The van der Waals surface area contributed by atoms with Gasteiger partial charge in [0.25, 0.3) is 0 Å². The van der Waals surface area contributed by atoms with Crippen molar-refractivity contribution in [2.45, 2.75) is 51.1 Å². The summed E-state index contributed by atoms with van der Waals surface area (Å²) in [5.41, 5.74) is -0.564. The molecule has 1 fully saturated rings. The first-order valence-corrected chi connectivity index (χ1v) is 6.55. The summed E-state index contributed by atoms with van der Waals surface area (Å²) in [7, 11) is 3.26. The summed E-state index contributed by atoms with van der Waals surface area (Å²) in [6, 6.07) is 0.641. The van der Waals surface area contributed by atoms with Crippen molar-refractivity contribution in [3.63, 3.8) is 0 Å². The van der Waals surface area contributed by atoms with Crippen molar-refractivity contribution in [2.75, 3.05) is 27.2 Å². The molecule has 1 aliphatic heterocycles. The Balaban J connectivity index is 2.49. The van der Waals surface area contributed by atoms with Gasteiger partial charge in [0.05, 0.1) is 7.11 Å². The number of carbonyl (C=O) groups excluding carboxylic acids is 1. The normalized spacial score (nSPS) is 25.3. The van der Waals surface area contributed by atoms with Gasteiger partial charge in [-0.05, 0) is 46.7 Å². The molecule has 1 heterocycles. The molecule has 4 heteroatoms. The summed E-state index contributed by atoms with van der Waals surface area (Å²) < 4.78 is 4.85. The zero-order chi connectivity index (χ0) is 12.9. The summed E-state index contributed by atoms with van der Waals surface area (Å²) in [5, 5.41) is 3.08. The van der Waals surface area contributed by atoms with Crippen LogP contribution in [0.25, 0.3) is 0 Å². The lowest BCUT2D eigenvalue weighted by Crippen LogP contribution is -2.51. The number of nitrogens with one attached hydrogen (secondary N) is 1. The van der Waals surface area contributed by atoms with E-state index in [2.05, 4.69) is 17.1 Å². The maximum atomic E-state index is 11.7. The van der Waals surface area contributed by atoms with E-state index in [0.717, 1.165) is 19.5 Å². The second kappa shape index (κ2) is 6.36. The summed E-state index contributed by atoms with van der Waals surface area (Å²) in [6.45, 7) is 6.29. The van der Waals surface area contributed by atoms with Crippen LogP contribution in [-0.2, 0) is 9.53 Å². The zero-order valence-corrected chi connectivity index (χ0v) is 11.6. The predicted octanol–water partition coefficient (Wildman–Crippen LogP) is 1.40. The molecule has 100 valence electrons. The van der Waals surface area contributed by atoms with Gasteiger partial charge in [0.1, 0.15) is 5.54 Å². The van der Waals surface area contributed by atoms with Crippen LogP contribution in [0.15, 0.2) is 0 Å². The molecule has 0 spiro atoms. The van der Waals surface area contributed by atoms with Gasteiger partial charge >= 0.3 is 5.97 Å². The predicted molar refractivity (Wildman–Crippen MR) is 69.0 cm³/mol. The fourth-order valence-corrected chi connectivity index (χ4v) is 2.41. The molecule has 2 unspecified atom stereocenters. The van der Waals surface area contributed by atoms with Crippen molar-refractivity contribution in [3.8, 4) is 0 Å². The van der Waals surface area contributed by atoms with E-state index in [9.17, 15) is 4.79 Å². The van der Waals surface area contributed by atoms with Gasteiger partial charge in [-0.3, -0.25) is 4.79 Å². The topological polar surface area (TPSA) is 41.6 Å². The van der Waals surface area contributed by atoms with Crippen molar-refractivity contribution >= 4 is 5.97 Å². The Hall–Kier alpha value is -0.610. The average Bonchev–Trinajstić information content (AvgIpc) is 2.36. The minimum atomic E-state index is -0.564. The largest absolute Gasteiger partial charge is 0.468 e. The lowest BCUT2D eigenvalue weighted by Gasteiger charge is -2.36. The number of piperidine rings is 1. The molecule has 1 N–H and O–H groups in total. The molecule has 0 amide bonds. The van der Waals surface area contributed by atoms with Crippen LogP contribution in [0.1, 0.15) is 39.5 Å². The average molecular weight is 242 g/mol. The lowest BCUT2D eigenvalue weighted by molar-refractivity contribution is -0.148. The first-order valence-electron chi connectivity index (χ1n) is 6.55. The third-order valence-electron chi connectivity index (χ3n) is 4.03. The molecule has 1 rings (SSSR count). The van der Waals surface area contributed by atoms with Crippen LogP contribution in [0.5, 0.6) is 0 Å². The molecule has 0 aromatic carbocycles. The highest BCUT2D eigenvalue weighted by molar-refractivity contribution is 5.80. The second-order valence-electron chi connectivity index (χ2n) is 5.20. The molecule has 2 atom stereocenters. The van der Waals surface area contributed by atoms with Gasteiger partial charge in [0, 0.05) is 12.6 Å². The Morgan fingerprint density at radius 1 is 1.53 bits per heavy atom. The molecule has 17 heavy (non-hydrogen) atoms. The molecular weight excluding hydrogens is 216 g/mol. The molecule has 0 aromatic rings. The molecule has 0 aliphatic carbocycles. The Labute approximate surface area is 105 Å². The summed E-state index contributed by atoms with van der Waals surface area (Å²) in [6.07, 6.45) is 4.67. The van der Waals surface area contributed by atoms with E-state index >= 15 is 0 Å². The Bertz CT molecular complexity index is 258. The smallest absolute Gasteiger partial charge is 0.325 e. The first-order chi connectivity index (χ1) is 8.03. The van der Waals surface area contributed by atoms with Gasteiger partial charge in [-0.1, -0.05) is 6.42 Å². The third-order valence-corrected chi connectivity index (χ3v) is 4.03. The number of esters is 1. The number of ether oxygens (including phenoxy) is 1. The molecule has 1 aliphatic rings. The molecule has 1 saturated heterocycles. The number of methoxy groups -OCH3 is 1. The van der Waals surface area contributed by atoms with Crippen LogP contribution in [0.3, 0.4) is 0 Å². The van der Waals surface area contributed by atoms with E-state index in [-0.39, 0.29) is 5.97 Å². The number of hydrogen-bond acceptors (Lipinski definition) is 4. The van der Waals surface area contributed by atoms with Crippen molar-refractivity contribution in [3.05, 3.63) is 0 Å². The third kappa shape index (κ3) is 3.68. The van der Waals surface area contributed by atoms with E-state index in [0.29, 0.717) is 6.04 Å². The second-order valence-corrected chi connectivity index (χ2v) is 5.20. The van der Waals surface area contributed by atoms with Crippen molar-refractivity contribution in [1.29, 1.82) is 0 Å². The monoisotopic (exact) mass is 242 g/mol. The molecular formula is C13H26N2O2.